The molecule has 23 heavy (non-hydrogen) atoms. The van der Waals surface area contributed by atoms with Gasteiger partial charge in [0.1, 0.15) is 5.75 Å². The van der Waals surface area contributed by atoms with Crippen molar-refractivity contribution in [2.75, 3.05) is 40.5 Å². The number of likely N-dealkylation sites (N-methyl/N-ethyl adjacent to an activating group) is 1. The van der Waals surface area contributed by atoms with Crippen molar-refractivity contribution in [3.8, 4) is 5.75 Å². The van der Waals surface area contributed by atoms with E-state index in [2.05, 4.69) is 5.32 Å². The zero-order valence-corrected chi connectivity index (χ0v) is 14.1. The van der Waals surface area contributed by atoms with Crippen LogP contribution in [0.1, 0.15) is 18.9 Å². The van der Waals surface area contributed by atoms with Crippen LogP contribution in [0.3, 0.4) is 0 Å². The van der Waals surface area contributed by atoms with Crippen LogP contribution < -0.4 is 10.1 Å². The molecule has 6 heteroatoms. The van der Waals surface area contributed by atoms with E-state index in [0.717, 1.165) is 18.4 Å². The van der Waals surface area contributed by atoms with Gasteiger partial charge in [-0.1, -0.05) is 25.1 Å². The van der Waals surface area contributed by atoms with Crippen LogP contribution >= 0.6 is 0 Å². The van der Waals surface area contributed by atoms with Crippen molar-refractivity contribution in [3.05, 3.63) is 29.8 Å². The summed E-state index contributed by atoms with van der Waals surface area (Å²) < 4.78 is 10.5. The predicted molar refractivity (Wildman–Crippen MR) is 88.5 cm³/mol. The summed E-state index contributed by atoms with van der Waals surface area (Å²) in [5.74, 6) is 0.287. The summed E-state index contributed by atoms with van der Waals surface area (Å²) in [6.45, 7) is 3.11. The van der Waals surface area contributed by atoms with Crippen LogP contribution in [0, 0.1) is 0 Å². The number of carbonyl (C=O) groups excluding carboxylic acids is 2. The number of nitrogens with zero attached hydrogens (tertiary/aromatic N) is 1. The number of aryl methyl sites for hydroxylation is 1. The fourth-order valence-corrected chi connectivity index (χ4v) is 1.99. The molecule has 0 aromatic heterocycles. The Labute approximate surface area is 137 Å². The molecule has 2 amide bonds. The standard InChI is InChI=1S/C17H26N2O4/c1-4-14-8-5-6-9-15(14)23-13-17(21)19(2)12-16(20)18-10-7-11-22-3/h5-6,8-9H,4,7,10-13H2,1-3H3,(H,18,20). The van der Waals surface area contributed by atoms with Crippen molar-refractivity contribution in [2.45, 2.75) is 19.8 Å². The fourth-order valence-electron chi connectivity index (χ4n) is 1.99. The molecule has 0 heterocycles. The normalized spacial score (nSPS) is 10.2. The summed E-state index contributed by atoms with van der Waals surface area (Å²) >= 11 is 0. The number of amides is 2. The Hall–Kier alpha value is -2.08. The first-order valence-corrected chi connectivity index (χ1v) is 7.78. The average Bonchev–Trinajstić information content (AvgIpc) is 2.56. The Kier molecular flexibility index (Phi) is 8.75. The van der Waals surface area contributed by atoms with Gasteiger partial charge < -0.3 is 19.7 Å². The van der Waals surface area contributed by atoms with E-state index in [1.54, 1.807) is 14.2 Å². The summed E-state index contributed by atoms with van der Waals surface area (Å²) in [5.41, 5.74) is 1.05. The zero-order valence-electron chi connectivity index (χ0n) is 14.1. The summed E-state index contributed by atoms with van der Waals surface area (Å²) in [6.07, 6.45) is 1.58. The molecule has 0 aliphatic heterocycles. The molecule has 1 rings (SSSR count). The first-order valence-electron chi connectivity index (χ1n) is 7.78. The molecular formula is C17H26N2O4. The minimum atomic E-state index is -0.233. The highest BCUT2D eigenvalue weighted by molar-refractivity contribution is 5.85. The fraction of sp³-hybridized carbons (Fsp3) is 0.529. The number of ether oxygens (including phenoxy) is 2. The molecule has 0 saturated carbocycles. The summed E-state index contributed by atoms with van der Waals surface area (Å²) in [7, 11) is 3.21. The van der Waals surface area contributed by atoms with E-state index in [0.29, 0.717) is 18.9 Å². The number of hydrogen-bond acceptors (Lipinski definition) is 4. The van der Waals surface area contributed by atoms with Crippen LogP contribution in [-0.2, 0) is 20.7 Å². The van der Waals surface area contributed by atoms with Gasteiger partial charge in [0.15, 0.2) is 6.61 Å². The lowest BCUT2D eigenvalue weighted by atomic mass is 10.1. The van der Waals surface area contributed by atoms with Crippen LogP contribution in [0.4, 0.5) is 0 Å². The highest BCUT2D eigenvalue weighted by Crippen LogP contribution is 2.18. The van der Waals surface area contributed by atoms with Crippen molar-refractivity contribution in [2.24, 2.45) is 0 Å². The highest BCUT2D eigenvalue weighted by atomic mass is 16.5. The van der Waals surface area contributed by atoms with Crippen molar-refractivity contribution in [3.63, 3.8) is 0 Å². The van der Waals surface area contributed by atoms with Gasteiger partial charge in [-0.25, -0.2) is 0 Å². The molecule has 0 saturated heterocycles. The van der Waals surface area contributed by atoms with Crippen molar-refractivity contribution >= 4 is 11.8 Å². The van der Waals surface area contributed by atoms with Gasteiger partial charge in [0.2, 0.25) is 5.91 Å². The number of nitrogens with one attached hydrogen (secondary N) is 1. The van der Waals surface area contributed by atoms with Gasteiger partial charge in [-0.3, -0.25) is 9.59 Å². The van der Waals surface area contributed by atoms with Crippen LogP contribution in [0.5, 0.6) is 5.75 Å². The van der Waals surface area contributed by atoms with E-state index in [9.17, 15) is 9.59 Å². The molecule has 0 bridgehead atoms. The molecule has 1 aromatic rings. The van der Waals surface area contributed by atoms with Gasteiger partial charge in [0.25, 0.3) is 5.91 Å². The third kappa shape index (κ3) is 7.15. The largest absolute Gasteiger partial charge is 0.483 e. The Morgan fingerprint density at radius 1 is 1.26 bits per heavy atom. The molecular weight excluding hydrogens is 296 g/mol. The molecule has 0 aliphatic carbocycles. The highest BCUT2D eigenvalue weighted by Gasteiger charge is 2.14. The second kappa shape index (κ2) is 10.6. The maximum Gasteiger partial charge on any atom is 0.260 e. The van der Waals surface area contributed by atoms with Gasteiger partial charge in [0, 0.05) is 27.3 Å². The van der Waals surface area contributed by atoms with E-state index in [1.807, 2.05) is 31.2 Å². The molecule has 0 atom stereocenters. The SMILES string of the molecule is CCc1ccccc1OCC(=O)N(C)CC(=O)NCCCOC. The minimum Gasteiger partial charge on any atom is -0.483 e. The van der Waals surface area contributed by atoms with Crippen LogP contribution in [-0.4, -0.2) is 57.2 Å². The first-order chi connectivity index (χ1) is 11.1. The number of carbonyl (C=O) groups is 2. The zero-order chi connectivity index (χ0) is 17.1. The van der Waals surface area contributed by atoms with Gasteiger partial charge in [0.05, 0.1) is 6.54 Å². The minimum absolute atomic E-state index is 0.0185. The molecule has 0 fully saturated rings. The average molecular weight is 322 g/mol. The van der Waals surface area contributed by atoms with Crippen molar-refractivity contribution in [1.82, 2.24) is 10.2 Å². The van der Waals surface area contributed by atoms with Gasteiger partial charge in [-0.15, -0.1) is 0 Å². The Bertz CT molecular complexity index is 505. The van der Waals surface area contributed by atoms with E-state index < -0.39 is 0 Å². The van der Waals surface area contributed by atoms with Crippen molar-refractivity contribution < 1.29 is 19.1 Å². The Morgan fingerprint density at radius 2 is 2.00 bits per heavy atom. The monoisotopic (exact) mass is 322 g/mol. The van der Waals surface area contributed by atoms with Gasteiger partial charge >= 0.3 is 0 Å². The maximum atomic E-state index is 12.0. The first kappa shape index (κ1) is 19.0. The van der Waals surface area contributed by atoms with Crippen molar-refractivity contribution in [1.29, 1.82) is 0 Å². The molecule has 1 aromatic carbocycles. The molecule has 6 nitrogen and oxygen atoms in total. The molecule has 0 unspecified atom stereocenters. The maximum absolute atomic E-state index is 12.0. The molecule has 0 radical (unpaired) electrons. The molecule has 128 valence electrons. The van der Waals surface area contributed by atoms with E-state index in [-0.39, 0.29) is 25.0 Å². The van der Waals surface area contributed by atoms with E-state index in [4.69, 9.17) is 9.47 Å². The second-order valence-electron chi connectivity index (χ2n) is 5.20. The van der Waals surface area contributed by atoms with Gasteiger partial charge in [-0.2, -0.15) is 0 Å². The molecule has 0 spiro atoms. The van der Waals surface area contributed by atoms with Crippen LogP contribution in [0.15, 0.2) is 24.3 Å². The third-order valence-electron chi connectivity index (χ3n) is 3.36. The smallest absolute Gasteiger partial charge is 0.260 e. The third-order valence-corrected chi connectivity index (χ3v) is 3.36. The Balaban J connectivity index is 2.34. The number of para-hydroxylation sites is 1. The molecule has 1 N–H and O–H groups in total. The quantitative estimate of drug-likeness (QED) is 0.658. The second-order valence-corrected chi connectivity index (χ2v) is 5.20. The van der Waals surface area contributed by atoms with E-state index >= 15 is 0 Å². The summed E-state index contributed by atoms with van der Waals surface area (Å²) in [6, 6.07) is 7.62. The van der Waals surface area contributed by atoms with Crippen LogP contribution in [0.2, 0.25) is 0 Å². The number of rotatable bonds is 10. The van der Waals surface area contributed by atoms with Gasteiger partial charge in [-0.05, 0) is 24.5 Å². The van der Waals surface area contributed by atoms with E-state index in [1.165, 1.54) is 4.90 Å². The molecule has 0 aliphatic rings. The Morgan fingerprint density at radius 3 is 2.70 bits per heavy atom. The number of methoxy groups -OCH3 is 1. The lowest BCUT2D eigenvalue weighted by molar-refractivity contribution is -0.136. The number of benzene rings is 1. The summed E-state index contributed by atoms with van der Waals surface area (Å²) in [5, 5.41) is 2.74. The topological polar surface area (TPSA) is 67.9 Å². The number of hydrogen-bond donors (Lipinski definition) is 1. The lowest BCUT2D eigenvalue weighted by Crippen LogP contribution is -2.40. The summed E-state index contributed by atoms with van der Waals surface area (Å²) in [4.78, 5) is 25.1. The lowest BCUT2D eigenvalue weighted by Gasteiger charge is -2.18. The van der Waals surface area contributed by atoms with Crippen LogP contribution in [0.25, 0.3) is 0 Å². The predicted octanol–water partition coefficient (Wildman–Crippen LogP) is 1.24.